The maximum absolute atomic E-state index is 13.3. The minimum absolute atomic E-state index is 0.0299. The Morgan fingerprint density at radius 2 is 2.14 bits per heavy atom. The molecule has 1 fully saturated rings. The van der Waals surface area contributed by atoms with Crippen LogP contribution in [-0.4, -0.2) is 36.8 Å². The molecule has 1 amide bonds. The maximum Gasteiger partial charge on any atom is 0.260 e. The highest BCUT2D eigenvalue weighted by atomic mass is 35.5. The van der Waals surface area contributed by atoms with E-state index in [1.165, 1.54) is 11.3 Å². The van der Waals surface area contributed by atoms with Gasteiger partial charge in [-0.2, -0.15) is 0 Å². The van der Waals surface area contributed by atoms with E-state index in [4.69, 9.17) is 26.1 Å². The molecule has 1 aliphatic heterocycles. The van der Waals surface area contributed by atoms with Crippen LogP contribution in [0.1, 0.15) is 30.1 Å². The van der Waals surface area contributed by atoms with Crippen molar-refractivity contribution in [1.82, 2.24) is 4.98 Å². The van der Waals surface area contributed by atoms with Gasteiger partial charge in [-0.1, -0.05) is 22.9 Å². The number of halogens is 1. The molecule has 2 aromatic carbocycles. The zero-order valence-electron chi connectivity index (χ0n) is 15.6. The van der Waals surface area contributed by atoms with Gasteiger partial charge in [0.05, 0.1) is 29.5 Å². The van der Waals surface area contributed by atoms with Gasteiger partial charge in [0.2, 0.25) is 0 Å². The molecule has 3 aromatic rings. The summed E-state index contributed by atoms with van der Waals surface area (Å²) in [6.07, 6.45) is 2.00. The van der Waals surface area contributed by atoms with Crippen LogP contribution in [0.5, 0.6) is 5.75 Å². The summed E-state index contributed by atoms with van der Waals surface area (Å²) < 4.78 is 12.4. The Kier molecular flexibility index (Phi) is 5.80. The fourth-order valence-electron chi connectivity index (χ4n) is 3.25. The second-order valence-electron chi connectivity index (χ2n) is 6.62. The van der Waals surface area contributed by atoms with Crippen LogP contribution in [0.25, 0.3) is 10.2 Å². The van der Waals surface area contributed by atoms with E-state index in [9.17, 15) is 4.79 Å². The first-order valence-corrected chi connectivity index (χ1v) is 10.6. The predicted molar refractivity (Wildman–Crippen MR) is 113 cm³/mol. The number of rotatable bonds is 6. The summed E-state index contributed by atoms with van der Waals surface area (Å²) in [7, 11) is 0. The molecule has 0 spiro atoms. The summed E-state index contributed by atoms with van der Waals surface area (Å²) in [4.78, 5) is 19.7. The molecule has 5 nitrogen and oxygen atoms in total. The minimum Gasteiger partial charge on any atom is -0.494 e. The van der Waals surface area contributed by atoms with Crippen molar-refractivity contribution in [3.05, 3.63) is 53.1 Å². The summed E-state index contributed by atoms with van der Waals surface area (Å²) in [5.41, 5.74) is 1.43. The number of carbonyl (C=O) groups excluding carboxylic acids is 1. The standard InChI is InChI=1S/C21H21ClN2O3S/c1-2-26-16-9-10-18-19(12-16)28-21(23-18)24(13-17-4-3-11-27-17)20(25)14-5-7-15(22)8-6-14/h5-10,12,17H,2-4,11,13H2,1H3. The lowest BCUT2D eigenvalue weighted by molar-refractivity contribution is 0.0917. The summed E-state index contributed by atoms with van der Waals surface area (Å²) >= 11 is 7.46. The van der Waals surface area contributed by atoms with E-state index in [2.05, 4.69) is 0 Å². The van der Waals surface area contributed by atoms with E-state index in [0.717, 1.165) is 35.4 Å². The van der Waals surface area contributed by atoms with E-state index in [-0.39, 0.29) is 12.0 Å². The normalized spacial score (nSPS) is 16.4. The minimum atomic E-state index is -0.101. The Balaban J connectivity index is 1.68. The zero-order valence-corrected chi connectivity index (χ0v) is 17.1. The first-order chi connectivity index (χ1) is 13.6. The van der Waals surface area contributed by atoms with Crippen LogP contribution >= 0.6 is 22.9 Å². The second kappa shape index (κ2) is 8.47. The number of aromatic nitrogens is 1. The Hall–Kier alpha value is -2.15. The van der Waals surface area contributed by atoms with Crippen LogP contribution in [0.15, 0.2) is 42.5 Å². The third-order valence-corrected chi connectivity index (χ3v) is 5.93. The molecule has 146 valence electrons. The topological polar surface area (TPSA) is 51.7 Å². The number of anilines is 1. The third kappa shape index (κ3) is 4.14. The van der Waals surface area contributed by atoms with Crippen molar-refractivity contribution in [3.8, 4) is 5.75 Å². The molecule has 1 unspecified atom stereocenters. The SMILES string of the molecule is CCOc1ccc2nc(N(CC3CCCO3)C(=O)c3ccc(Cl)cc3)sc2c1. The molecule has 28 heavy (non-hydrogen) atoms. The van der Waals surface area contributed by atoms with Crippen molar-refractivity contribution < 1.29 is 14.3 Å². The highest BCUT2D eigenvalue weighted by Gasteiger charge is 2.27. The Morgan fingerprint density at radius 3 is 2.86 bits per heavy atom. The molecule has 0 radical (unpaired) electrons. The fourth-order valence-corrected chi connectivity index (χ4v) is 4.38. The zero-order chi connectivity index (χ0) is 19.5. The summed E-state index contributed by atoms with van der Waals surface area (Å²) in [6, 6.07) is 12.7. The van der Waals surface area contributed by atoms with Crippen molar-refractivity contribution in [1.29, 1.82) is 0 Å². The van der Waals surface area contributed by atoms with E-state index >= 15 is 0 Å². The van der Waals surface area contributed by atoms with Crippen LogP contribution in [0.3, 0.4) is 0 Å². The van der Waals surface area contributed by atoms with Gasteiger partial charge in [-0.15, -0.1) is 0 Å². The lowest BCUT2D eigenvalue weighted by atomic mass is 10.2. The van der Waals surface area contributed by atoms with Crippen LogP contribution in [0.2, 0.25) is 5.02 Å². The van der Waals surface area contributed by atoms with Gasteiger partial charge in [0.1, 0.15) is 5.75 Å². The van der Waals surface area contributed by atoms with Crippen molar-refractivity contribution in [2.45, 2.75) is 25.9 Å². The van der Waals surface area contributed by atoms with Gasteiger partial charge < -0.3 is 9.47 Å². The molecule has 0 saturated carbocycles. The average molecular weight is 417 g/mol. The summed E-state index contributed by atoms with van der Waals surface area (Å²) in [5, 5.41) is 1.27. The van der Waals surface area contributed by atoms with Crippen molar-refractivity contribution in [2.75, 3.05) is 24.7 Å². The predicted octanol–water partition coefficient (Wildman–Crippen LogP) is 5.17. The van der Waals surface area contributed by atoms with E-state index in [1.54, 1.807) is 29.2 Å². The Labute approximate surface area is 172 Å². The van der Waals surface area contributed by atoms with Gasteiger partial charge in [0.25, 0.3) is 5.91 Å². The average Bonchev–Trinajstić information content (AvgIpc) is 3.35. The van der Waals surface area contributed by atoms with Gasteiger partial charge in [-0.3, -0.25) is 9.69 Å². The fraction of sp³-hybridized carbons (Fsp3) is 0.333. The highest BCUT2D eigenvalue weighted by molar-refractivity contribution is 7.22. The lowest BCUT2D eigenvalue weighted by Gasteiger charge is -2.23. The molecule has 0 bridgehead atoms. The molecule has 1 aromatic heterocycles. The number of amides is 1. The number of hydrogen-bond donors (Lipinski definition) is 0. The molecule has 0 N–H and O–H groups in total. The second-order valence-corrected chi connectivity index (χ2v) is 8.06. The van der Waals surface area contributed by atoms with Gasteiger partial charge >= 0.3 is 0 Å². The van der Waals surface area contributed by atoms with Gasteiger partial charge in [0.15, 0.2) is 5.13 Å². The lowest BCUT2D eigenvalue weighted by Crippen LogP contribution is -2.37. The molecule has 1 aliphatic rings. The quantitative estimate of drug-likeness (QED) is 0.556. The number of carbonyl (C=O) groups is 1. The number of ether oxygens (including phenoxy) is 2. The summed E-state index contributed by atoms with van der Waals surface area (Å²) in [5.74, 6) is 0.705. The number of benzene rings is 2. The molecule has 1 atom stereocenters. The van der Waals surface area contributed by atoms with Crippen LogP contribution in [-0.2, 0) is 4.74 Å². The van der Waals surface area contributed by atoms with E-state index in [0.29, 0.717) is 28.9 Å². The monoisotopic (exact) mass is 416 g/mol. The number of hydrogen-bond acceptors (Lipinski definition) is 5. The number of nitrogens with zero attached hydrogens (tertiary/aromatic N) is 2. The molecule has 2 heterocycles. The van der Waals surface area contributed by atoms with E-state index in [1.807, 2.05) is 25.1 Å². The smallest absolute Gasteiger partial charge is 0.260 e. The summed E-state index contributed by atoms with van der Waals surface area (Å²) in [6.45, 7) is 3.79. The molecule has 1 saturated heterocycles. The van der Waals surface area contributed by atoms with Crippen molar-refractivity contribution in [3.63, 3.8) is 0 Å². The first kappa shape index (κ1) is 19.2. The van der Waals surface area contributed by atoms with Crippen LogP contribution < -0.4 is 9.64 Å². The van der Waals surface area contributed by atoms with Gasteiger partial charge in [0, 0.05) is 17.2 Å². The first-order valence-electron chi connectivity index (χ1n) is 9.36. The maximum atomic E-state index is 13.3. The van der Waals surface area contributed by atoms with Crippen LogP contribution in [0, 0.1) is 0 Å². The Bertz CT molecular complexity index is 967. The molecule has 4 rings (SSSR count). The van der Waals surface area contributed by atoms with E-state index < -0.39 is 0 Å². The molecular weight excluding hydrogens is 396 g/mol. The van der Waals surface area contributed by atoms with Crippen LogP contribution in [0.4, 0.5) is 5.13 Å². The number of fused-ring (bicyclic) bond motifs is 1. The van der Waals surface area contributed by atoms with Gasteiger partial charge in [-0.25, -0.2) is 4.98 Å². The largest absolute Gasteiger partial charge is 0.494 e. The third-order valence-electron chi connectivity index (χ3n) is 4.64. The molecule has 0 aliphatic carbocycles. The van der Waals surface area contributed by atoms with Gasteiger partial charge in [-0.05, 0) is 62.2 Å². The molecule has 7 heteroatoms. The Morgan fingerprint density at radius 1 is 1.32 bits per heavy atom. The highest BCUT2D eigenvalue weighted by Crippen LogP contribution is 2.33. The van der Waals surface area contributed by atoms with Crippen molar-refractivity contribution >= 4 is 44.2 Å². The molecular formula is C21H21ClN2O3S. The van der Waals surface area contributed by atoms with Crippen molar-refractivity contribution in [2.24, 2.45) is 0 Å². The number of thiazole rings is 1.